The van der Waals surface area contributed by atoms with Gasteiger partial charge in [0, 0.05) is 21.2 Å². The van der Waals surface area contributed by atoms with E-state index in [0.29, 0.717) is 10.8 Å². The molecule has 0 radical (unpaired) electrons. The summed E-state index contributed by atoms with van der Waals surface area (Å²) >= 11 is 8.05. The molecule has 1 aliphatic rings. The van der Waals surface area contributed by atoms with Gasteiger partial charge in [0.15, 0.2) is 5.76 Å². The monoisotopic (exact) mass is 477 g/mol. The topological polar surface area (TPSA) is 67.2 Å². The summed E-state index contributed by atoms with van der Waals surface area (Å²) < 4.78 is 5.33. The number of amides is 1. The van der Waals surface area contributed by atoms with Gasteiger partial charge in [-0.1, -0.05) is 29.8 Å². The smallest absolute Gasteiger partial charge is 0.291 e. The lowest BCUT2D eigenvalue weighted by atomic mass is 9.89. The molecule has 2 N–H and O–H groups in total. The lowest BCUT2D eigenvalue weighted by Gasteiger charge is -2.24. The third-order valence-corrected chi connectivity index (χ3v) is 7.29. The molecule has 1 amide bonds. The lowest BCUT2D eigenvalue weighted by Crippen LogP contribution is -2.19. The Morgan fingerprint density at radius 1 is 1.12 bits per heavy atom. The molecule has 5 rings (SSSR count). The highest BCUT2D eigenvalue weighted by atomic mass is 35.5. The first kappa shape index (κ1) is 21.7. The van der Waals surface area contributed by atoms with Crippen molar-refractivity contribution in [2.75, 3.05) is 10.6 Å². The summed E-state index contributed by atoms with van der Waals surface area (Å²) in [4.78, 5) is 18.9. The minimum absolute atomic E-state index is 0.219. The number of nitrogens with one attached hydrogen (secondary N) is 2. The van der Waals surface area contributed by atoms with E-state index in [1.54, 1.807) is 23.5 Å². The van der Waals surface area contributed by atoms with Crippen LogP contribution < -0.4 is 10.6 Å². The second kappa shape index (κ2) is 9.41. The van der Waals surface area contributed by atoms with Crippen molar-refractivity contribution >= 4 is 39.7 Å². The number of carbonyl (C=O) groups excluding carboxylic acids is 1. The van der Waals surface area contributed by atoms with Crippen LogP contribution >= 0.6 is 22.9 Å². The van der Waals surface area contributed by atoms with E-state index in [1.807, 2.05) is 43.3 Å². The number of rotatable bonds is 6. The maximum atomic E-state index is 12.9. The molecule has 0 bridgehead atoms. The standard InChI is InChI=1S/C26H24ClN3O2S/c1-16-7-4-13-22(28-16)29-24(17-8-5-9-18(27)15-17)23-19-10-2-3-12-21(19)33-26(23)30-25(31)20-11-6-14-32-20/h4-9,11,13-15,24H,2-3,10,12H2,1H3,(H,28,29)(H,30,31)/t24-/m0/s1. The largest absolute Gasteiger partial charge is 0.459 e. The van der Waals surface area contributed by atoms with Gasteiger partial charge in [-0.3, -0.25) is 4.79 Å². The maximum absolute atomic E-state index is 12.9. The first-order valence-corrected chi connectivity index (χ1v) is 12.2. The highest BCUT2D eigenvalue weighted by Gasteiger charge is 2.29. The molecule has 0 fully saturated rings. The van der Waals surface area contributed by atoms with Crippen molar-refractivity contribution < 1.29 is 9.21 Å². The fourth-order valence-corrected chi connectivity index (χ4v) is 5.86. The molecular formula is C26H24ClN3O2S. The van der Waals surface area contributed by atoms with Crippen molar-refractivity contribution in [3.05, 3.63) is 98.9 Å². The van der Waals surface area contributed by atoms with Gasteiger partial charge in [0.25, 0.3) is 5.91 Å². The number of thiophene rings is 1. The van der Waals surface area contributed by atoms with Crippen LogP contribution in [0.15, 0.2) is 65.3 Å². The second-order valence-corrected chi connectivity index (χ2v) is 9.72. The molecule has 33 heavy (non-hydrogen) atoms. The van der Waals surface area contributed by atoms with Crippen LogP contribution in [0.25, 0.3) is 0 Å². The SMILES string of the molecule is Cc1cccc(N[C@@H](c2cccc(Cl)c2)c2c(NC(=O)c3ccco3)sc3c2CCCC3)n1. The van der Waals surface area contributed by atoms with Crippen LogP contribution in [0.1, 0.15) is 56.7 Å². The molecule has 3 aromatic heterocycles. The van der Waals surface area contributed by atoms with E-state index < -0.39 is 0 Å². The van der Waals surface area contributed by atoms with Crippen molar-refractivity contribution in [1.29, 1.82) is 0 Å². The molecular weight excluding hydrogens is 454 g/mol. The minimum Gasteiger partial charge on any atom is -0.459 e. The highest BCUT2D eigenvalue weighted by Crippen LogP contribution is 2.44. The average Bonchev–Trinajstić information content (AvgIpc) is 3.46. The zero-order chi connectivity index (χ0) is 22.8. The van der Waals surface area contributed by atoms with Gasteiger partial charge in [0.2, 0.25) is 0 Å². The number of nitrogens with zero attached hydrogens (tertiary/aromatic N) is 1. The molecule has 0 aliphatic heterocycles. The molecule has 1 aliphatic carbocycles. The van der Waals surface area contributed by atoms with E-state index in [1.165, 1.54) is 16.7 Å². The van der Waals surface area contributed by atoms with E-state index in [4.69, 9.17) is 16.0 Å². The van der Waals surface area contributed by atoms with E-state index >= 15 is 0 Å². The Balaban J connectivity index is 1.62. The Bertz CT molecular complexity index is 1280. The van der Waals surface area contributed by atoms with Crippen LogP contribution in [-0.4, -0.2) is 10.9 Å². The van der Waals surface area contributed by atoms with Crippen molar-refractivity contribution in [1.82, 2.24) is 4.98 Å². The summed E-state index contributed by atoms with van der Waals surface area (Å²) in [5, 5.41) is 8.26. The fourth-order valence-electron chi connectivity index (χ4n) is 4.34. The van der Waals surface area contributed by atoms with Gasteiger partial charge in [-0.15, -0.1) is 11.3 Å². The number of carbonyl (C=O) groups is 1. The van der Waals surface area contributed by atoms with Crippen LogP contribution in [0, 0.1) is 6.92 Å². The Hall–Kier alpha value is -3.09. The van der Waals surface area contributed by atoms with E-state index in [-0.39, 0.29) is 11.9 Å². The first-order chi connectivity index (χ1) is 16.1. The zero-order valence-electron chi connectivity index (χ0n) is 18.2. The highest BCUT2D eigenvalue weighted by molar-refractivity contribution is 7.16. The number of benzene rings is 1. The summed E-state index contributed by atoms with van der Waals surface area (Å²) in [5.74, 6) is 0.817. The number of hydrogen-bond donors (Lipinski definition) is 2. The molecule has 1 aromatic carbocycles. The predicted molar refractivity (Wildman–Crippen MR) is 134 cm³/mol. The molecule has 4 aromatic rings. The number of furan rings is 1. The van der Waals surface area contributed by atoms with Crippen LogP contribution in [-0.2, 0) is 12.8 Å². The summed E-state index contributed by atoms with van der Waals surface area (Å²) in [6, 6.07) is 17.0. The maximum Gasteiger partial charge on any atom is 0.291 e. The Kier molecular flexibility index (Phi) is 6.20. The predicted octanol–water partition coefficient (Wildman–Crippen LogP) is 7.03. The Morgan fingerprint density at radius 2 is 1.97 bits per heavy atom. The second-order valence-electron chi connectivity index (χ2n) is 8.18. The van der Waals surface area contributed by atoms with Gasteiger partial charge < -0.3 is 15.1 Å². The molecule has 168 valence electrons. The van der Waals surface area contributed by atoms with Gasteiger partial charge in [0.1, 0.15) is 10.8 Å². The Labute approximate surface area is 201 Å². The quantitative estimate of drug-likeness (QED) is 0.313. The molecule has 0 saturated carbocycles. The minimum atomic E-state index is -0.252. The number of hydrogen-bond acceptors (Lipinski definition) is 5. The molecule has 5 nitrogen and oxygen atoms in total. The third-order valence-electron chi connectivity index (χ3n) is 5.84. The summed E-state index contributed by atoms with van der Waals surface area (Å²) in [6.45, 7) is 1.97. The molecule has 0 saturated heterocycles. The van der Waals surface area contributed by atoms with Crippen molar-refractivity contribution in [3.8, 4) is 0 Å². The molecule has 3 heterocycles. The van der Waals surface area contributed by atoms with E-state index in [9.17, 15) is 4.79 Å². The third kappa shape index (κ3) is 4.68. The summed E-state index contributed by atoms with van der Waals surface area (Å²) in [6.07, 6.45) is 5.81. The Morgan fingerprint density at radius 3 is 2.76 bits per heavy atom. The number of fused-ring (bicyclic) bond motifs is 1. The molecule has 0 unspecified atom stereocenters. The normalized spacial score (nSPS) is 13.9. The fraction of sp³-hybridized carbons (Fsp3) is 0.231. The van der Waals surface area contributed by atoms with Gasteiger partial charge >= 0.3 is 0 Å². The first-order valence-electron chi connectivity index (χ1n) is 11.0. The summed E-state index contributed by atoms with van der Waals surface area (Å²) in [7, 11) is 0. The number of aromatic nitrogens is 1. The summed E-state index contributed by atoms with van der Waals surface area (Å²) in [5.41, 5.74) is 4.35. The number of anilines is 2. The van der Waals surface area contributed by atoms with Crippen LogP contribution in [0.4, 0.5) is 10.8 Å². The van der Waals surface area contributed by atoms with Crippen LogP contribution in [0.2, 0.25) is 5.02 Å². The molecule has 1 atom stereocenters. The van der Waals surface area contributed by atoms with Crippen molar-refractivity contribution in [2.24, 2.45) is 0 Å². The average molecular weight is 478 g/mol. The van der Waals surface area contributed by atoms with Gasteiger partial charge in [-0.2, -0.15) is 0 Å². The molecule has 7 heteroatoms. The number of halogens is 1. The number of aryl methyl sites for hydroxylation is 2. The van der Waals surface area contributed by atoms with E-state index in [0.717, 1.165) is 53.3 Å². The van der Waals surface area contributed by atoms with Crippen molar-refractivity contribution in [3.63, 3.8) is 0 Å². The lowest BCUT2D eigenvalue weighted by molar-refractivity contribution is 0.0997. The van der Waals surface area contributed by atoms with E-state index in [2.05, 4.69) is 21.7 Å². The van der Waals surface area contributed by atoms with Crippen LogP contribution in [0.3, 0.4) is 0 Å². The van der Waals surface area contributed by atoms with Gasteiger partial charge in [-0.25, -0.2) is 4.98 Å². The van der Waals surface area contributed by atoms with Gasteiger partial charge in [-0.05, 0) is 80.1 Å². The van der Waals surface area contributed by atoms with Crippen LogP contribution in [0.5, 0.6) is 0 Å². The number of pyridine rings is 1. The molecule has 0 spiro atoms. The zero-order valence-corrected chi connectivity index (χ0v) is 19.8. The van der Waals surface area contributed by atoms with Gasteiger partial charge in [0.05, 0.1) is 12.3 Å². The van der Waals surface area contributed by atoms with Crippen molar-refractivity contribution in [2.45, 2.75) is 38.6 Å².